The number of likely N-dealkylation sites (tertiary alicyclic amines) is 1. The van der Waals surface area contributed by atoms with E-state index in [1.165, 1.54) is 19.4 Å². The molecule has 1 aliphatic rings. The van der Waals surface area contributed by atoms with Crippen LogP contribution in [0.25, 0.3) is 0 Å². The first-order chi connectivity index (χ1) is 8.13. The number of piperidine rings is 1. The Morgan fingerprint density at radius 3 is 3.06 bits per heavy atom. The molecule has 1 aromatic rings. The Hall–Kier alpha value is -1.36. The minimum atomic E-state index is 0.341. The zero-order chi connectivity index (χ0) is 12.3. The number of aromatic nitrogens is 2. The predicted octanol–water partition coefficient (Wildman–Crippen LogP) is 1.12. The smallest absolute Gasteiger partial charge is 0.222 e. The van der Waals surface area contributed by atoms with E-state index in [2.05, 4.69) is 27.2 Å². The number of hydrogen-bond donors (Lipinski definition) is 2. The molecule has 1 unspecified atom stereocenters. The molecule has 1 atom stereocenters. The van der Waals surface area contributed by atoms with Gasteiger partial charge >= 0.3 is 0 Å². The predicted molar refractivity (Wildman–Crippen MR) is 69.9 cm³/mol. The second kappa shape index (κ2) is 5.31. The van der Waals surface area contributed by atoms with Crippen LogP contribution in [0.2, 0.25) is 0 Å². The molecule has 0 aromatic carbocycles. The largest absolute Gasteiger partial charge is 0.370 e. The molecule has 0 saturated carbocycles. The Morgan fingerprint density at radius 2 is 2.35 bits per heavy atom. The van der Waals surface area contributed by atoms with Gasteiger partial charge in [-0.1, -0.05) is 0 Å². The highest BCUT2D eigenvalue weighted by Crippen LogP contribution is 2.16. The lowest BCUT2D eigenvalue weighted by atomic mass is 9.98. The van der Waals surface area contributed by atoms with E-state index in [0.717, 1.165) is 24.6 Å². The summed E-state index contributed by atoms with van der Waals surface area (Å²) in [5, 5.41) is 3.36. The summed E-state index contributed by atoms with van der Waals surface area (Å²) in [6, 6.07) is 1.93. The number of anilines is 2. The lowest BCUT2D eigenvalue weighted by Gasteiger charge is -2.29. The van der Waals surface area contributed by atoms with E-state index >= 15 is 0 Å². The van der Waals surface area contributed by atoms with Gasteiger partial charge in [-0.05, 0) is 39.3 Å². The average Bonchev–Trinajstić information content (AvgIpc) is 2.25. The van der Waals surface area contributed by atoms with Crippen molar-refractivity contribution in [2.45, 2.75) is 19.8 Å². The molecular formula is C12H21N5. The van der Waals surface area contributed by atoms with Crippen LogP contribution in [-0.2, 0) is 0 Å². The molecule has 5 nitrogen and oxygen atoms in total. The van der Waals surface area contributed by atoms with Gasteiger partial charge in [-0.3, -0.25) is 0 Å². The van der Waals surface area contributed by atoms with E-state index in [4.69, 9.17) is 5.73 Å². The summed E-state index contributed by atoms with van der Waals surface area (Å²) in [4.78, 5) is 10.6. The van der Waals surface area contributed by atoms with Crippen molar-refractivity contribution in [1.29, 1.82) is 0 Å². The Morgan fingerprint density at radius 1 is 1.53 bits per heavy atom. The minimum Gasteiger partial charge on any atom is -0.370 e. The van der Waals surface area contributed by atoms with Crippen LogP contribution in [0.15, 0.2) is 6.07 Å². The van der Waals surface area contributed by atoms with Crippen LogP contribution in [0.1, 0.15) is 18.5 Å². The van der Waals surface area contributed by atoms with E-state index < -0.39 is 0 Å². The van der Waals surface area contributed by atoms with Crippen molar-refractivity contribution in [3.63, 3.8) is 0 Å². The number of nitrogens with two attached hydrogens (primary N) is 1. The Bertz CT molecular complexity index is 359. The number of hydrogen-bond acceptors (Lipinski definition) is 5. The van der Waals surface area contributed by atoms with Crippen molar-refractivity contribution in [3.8, 4) is 0 Å². The Balaban J connectivity index is 1.88. The highest BCUT2D eigenvalue weighted by atomic mass is 15.1. The van der Waals surface area contributed by atoms with E-state index in [1.54, 1.807) is 0 Å². The molecule has 2 rings (SSSR count). The average molecular weight is 235 g/mol. The van der Waals surface area contributed by atoms with Crippen LogP contribution in [0.4, 0.5) is 11.8 Å². The van der Waals surface area contributed by atoms with Crippen LogP contribution < -0.4 is 11.1 Å². The SMILES string of the molecule is Cc1cc(NCC2CCCN(C)C2)nc(N)n1. The van der Waals surface area contributed by atoms with Gasteiger partial charge in [-0.15, -0.1) is 0 Å². The van der Waals surface area contributed by atoms with E-state index in [9.17, 15) is 0 Å². The summed E-state index contributed by atoms with van der Waals surface area (Å²) in [6.45, 7) is 5.26. The van der Waals surface area contributed by atoms with Crippen molar-refractivity contribution in [3.05, 3.63) is 11.8 Å². The summed E-state index contributed by atoms with van der Waals surface area (Å²) in [6.07, 6.45) is 2.57. The quantitative estimate of drug-likeness (QED) is 0.822. The number of aryl methyl sites for hydroxylation is 1. The van der Waals surface area contributed by atoms with Gasteiger partial charge in [0.05, 0.1) is 0 Å². The maximum atomic E-state index is 5.62. The molecule has 0 amide bonds. The lowest BCUT2D eigenvalue weighted by Crippen LogP contribution is -2.35. The molecule has 0 radical (unpaired) electrons. The molecule has 1 aromatic heterocycles. The van der Waals surface area contributed by atoms with Gasteiger partial charge in [0.1, 0.15) is 5.82 Å². The summed E-state index contributed by atoms with van der Waals surface area (Å²) in [5.41, 5.74) is 6.52. The normalized spacial score (nSPS) is 21.4. The fourth-order valence-corrected chi connectivity index (χ4v) is 2.37. The van der Waals surface area contributed by atoms with Crippen molar-refractivity contribution < 1.29 is 0 Å². The lowest BCUT2D eigenvalue weighted by molar-refractivity contribution is 0.217. The third-order valence-electron chi connectivity index (χ3n) is 3.17. The Kier molecular flexibility index (Phi) is 3.78. The standard InChI is InChI=1S/C12H21N5/c1-9-6-11(16-12(13)15-9)14-7-10-4-3-5-17(2)8-10/h6,10H,3-5,7-8H2,1-2H3,(H3,13,14,15,16). The topological polar surface area (TPSA) is 67.1 Å². The molecule has 0 bridgehead atoms. The van der Waals surface area contributed by atoms with Crippen molar-refractivity contribution in [2.75, 3.05) is 37.7 Å². The molecule has 0 spiro atoms. The summed E-state index contributed by atoms with van der Waals surface area (Å²) in [7, 11) is 2.18. The zero-order valence-corrected chi connectivity index (χ0v) is 10.6. The number of rotatable bonds is 3. The number of nitrogens with zero attached hydrogens (tertiary/aromatic N) is 3. The molecule has 1 fully saturated rings. The summed E-state index contributed by atoms with van der Waals surface area (Å²) in [5.74, 6) is 1.88. The first-order valence-corrected chi connectivity index (χ1v) is 6.17. The fourth-order valence-electron chi connectivity index (χ4n) is 2.37. The zero-order valence-electron chi connectivity index (χ0n) is 10.6. The second-order valence-electron chi connectivity index (χ2n) is 4.90. The van der Waals surface area contributed by atoms with Crippen LogP contribution >= 0.6 is 0 Å². The van der Waals surface area contributed by atoms with Crippen LogP contribution in [-0.4, -0.2) is 41.5 Å². The van der Waals surface area contributed by atoms with Gasteiger partial charge in [0.25, 0.3) is 0 Å². The molecule has 17 heavy (non-hydrogen) atoms. The molecule has 5 heteroatoms. The minimum absolute atomic E-state index is 0.341. The summed E-state index contributed by atoms with van der Waals surface area (Å²) < 4.78 is 0. The van der Waals surface area contributed by atoms with E-state index in [1.807, 2.05) is 13.0 Å². The van der Waals surface area contributed by atoms with Crippen molar-refractivity contribution in [1.82, 2.24) is 14.9 Å². The first-order valence-electron chi connectivity index (χ1n) is 6.17. The second-order valence-corrected chi connectivity index (χ2v) is 4.90. The molecule has 3 N–H and O–H groups in total. The third-order valence-corrected chi connectivity index (χ3v) is 3.17. The van der Waals surface area contributed by atoms with E-state index in [-0.39, 0.29) is 0 Å². The Labute approximate surface area is 102 Å². The third kappa shape index (κ3) is 3.56. The molecule has 0 aliphatic carbocycles. The van der Waals surface area contributed by atoms with Gasteiger partial charge in [-0.25, -0.2) is 4.98 Å². The van der Waals surface area contributed by atoms with Crippen LogP contribution in [0.5, 0.6) is 0 Å². The van der Waals surface area contributed by atoms with Gasteiger partial charge in [0.2, 0.25) is 5.95 Å². The number of nitrogens with one attached hydrogen (secondary N) is 1. The molecule has 2 heterocycles. The highest BCUT2D eigenvalue weighted by molar-refractivity contribution is 5.40. The van der Waals surface area contributed by atoms with Crippen molar-refractivity contribution in [2.24, 2.45) is 5.92 Å². The summed E-state index contributed by atoms with van der Waals surface area (Å²) >= 11 is 0. The van der Waals surface area contributed by atoms with Gasteiger partial charge in [0.15, 0.2) is 0 Å². The van der Waals surface area contributed by atoms with Crippen LogP contribution in [0.3, 0.4) is 0 Å². The molecule has 94 valence electrons. The molecule has 1 saturated heterocycles. The van der Waals surface area contributed by atoms with Crippen molar-refractivity contribution >= 4 is 11.8 Å². The molecular weight excluding hydrogens is 214 g/mol. The van der Waals surface area contributed by atoms with Crippen LogP contribution in [0, 0.1) is 12.8 Å². The molecule has 1 aliphatic heterocycles. The monoisotopic (exact) mass is 235 g/mol. The maximum Gasteiger partial charge on any atom is 0.222 e. The first kappa shape index (κ1) is 12.1. The van der Waals surface area contributed by atoms with Gasteiger partial charge in [-0.2, -0.15) is 4.98 Å². The van der Waals surface area contributed by atoms with Gasteiger partial charge in [0, 0.05) is 24.8 Å². The fraction of sp³-hybridized carbons (Fsp3) is 0.667. The van der Waals surface area contributed by atoms with Gasteiger partial charge < -0.3 is 16.0 Å². The highest BCUT2D eigenvalue weighted by Gasteiger charge is 2.16. The maximum absolute atomic E-state index is 5.62. The number of nitrogen functional groups attached to an aromatic ring is 1. The van der Waals surface area contributed by atoms with E-state index in [0.29, 0.717) is 11.9 Å².